The zero-order chi connectivity index (χ0) is 17.7. The molecule has 0 fully saturated rings. The molecule has 1 aromatic carbocycles. The third-order valence-corrected chi connectivity index (χ3v) is 3.33. The summed E-state index contributed by atoms with van der Waals surface area (Å²) in [5, 5.41) is 4.13. The molecule has 8 heteroatoms. The quantitative estimate of drug-likeness (QED) is 0.811. The summed E-state index contributed by atoms with van der Waals surface area (Å²) in [6.07, 6.45) is -2.77. The Morgan fingerprint density at radius 2 is 2.08 bits per heavy atom. The minimum absolute atomic E-state index is 0.00479. The fraction of sp³-hybridized carbons (Fsp3) is 0.375. The van der Waals surface area contributed by atoms with E-state index in [0.717, 1.165) is 5.69 Å². The number of aromatic nitrogens is 2. The highest BCUT2D eigenvalue weighted by atomic mass is 19.4. The number of aryl methyl sites for hydroxylation is 1. The number of amides is 1. The van der Waals surface area contributed by atoms with Crippen LogP contribution in [0, 0.1) is 0 Å². The Kier molecular flexibility index (Phi) is 5.48. The largest absolute Gasteiger partial charge is 0.484 e. The molecule has 0 aliphatic carbocycles. The minimum atomic E-state index is -4.42. The van der Waals surface area contributed by atoms with Gasteiger partial charge in [-0.2, -0.15) is 18.3 Å². The summed E-state index contributed by atoms with van der Waals surface area (Å²) in [7, 11) is 1.62. The molecule has 24 heavy (non-hydrogen) atoms. The fourth-order valence-electron chi connectivity index (χ4n) is 2.20. The number of alkyl halides is 3. The van der Waals surface area contributed by atoms with Gasteiger partial charge in [0.15, 0.2) is 6.61 Å². The monoisotopic (exact) mass is 341 g/mol. The number of ether oxygens (including phenoxy) is 1. The molecule has 1 heterocycles. The van der Waals surface area contributed by atoms with E-state index < -0.39 is 12.8 Å². The van der Waals surface area contributed by atoms with E-state index in [1.807, 2.05) is 13.0 Å². The number of rotatable bonds is 6. The first-order valence-electron chi connectivity index (χ1n) is 7.36. The summed E-state index contributed by atoms with van der Waals surface area (Å²) in [6.45, 7) is 1.58. The number of nitrogens with zero attached hydrogens (tertiary/aromatic N) is 3. The van der Waals surface area contributed by atoms with Gasteiger partial charge in [-0.3, -0.25) is 9.48 Å². The Morgan fingerprint density at radius 3 is 2.75 bits per heavy atom. The van der Waals surface area contributed by atoms with Gasteiger partial charge in [-0.05, 0) is 31.2 Å². The number of hydrogen-bond acceptors (Lipinski definition) is 3. The van der Waals surface area contributed by atoms with Crippen molar-refractivity contribution in [2.45, 2.75) is 26.2 Å². The van der Waals surface area contributed by atoms with E-state index in [-0.39, 0.29) is 17.2 Å². The van der Waals surface area contributed by atoms with Gasteiger partial charge >= 0.3 is 6.18 Å². The topological polar surface area (TPSA) is 47.4 Å². The molecule has 2 rings (SSSR count). The predicted molar refractivity (Wildman–Crippen MR) is 81.7 cm³/mol. The predicted octanol–water partition coefficient (Wildman–Crippen LogP) is 3.12. The molecule has 0 aliphatic heterocycles. The van der Waals surface area contributed by atoms with Crippen LogP contribution in [0.15, 0.2) is 36.5 Å². The van der Waals surface area contributed by atoms with E-state index in [1.54, 1.807) is 17.9 Å². The number of halogens is 3. The summed E-state index contributed by atoms with van der Waals surface area (Å²) >= 11 is 0. The van der Waals surface area contributed by atoms with Crippen molar-refractivity contribution in [3.05, 3.63) is 47.8 Å². The molecule has 5 nitrogen and oxygen atoms in total. The normalized spacial score (nSPS) is 11.4. The van der Waals surface area contributed by atoms with Gasteiger partial charge < -0.3 is 9.64 Å². The lowest BCUT2D eigenvalue weighted by atomic mass is 10.2. The highest BCUT2D eigenvalue weighted by molar-refractivity contribution is 5.94. The zero-order valence-electron chi connectivity index (χ0n) is 13.4. The summed E-state index contributed by atoms with van der Waals surface area (Å²) in [5.41, 5.74) is 1.14. The first-order chi connectivity index (χ1) is 11.3. The molecule has 1 amide bonds. The van der Waals surface area contributed by atoms with Crippen molar-refractivity contribution in [1.82, 2.24) is 14.7 Å². The van der Waals surface area contributed by atoms with Gasteiger partial charge in [0.1, 0.15) is 5.75 Å². The molecule has 0 N–H and O–H groups in total. The lowest BCUT2D eigenvalue weighted by Gasteiger charge is -2.18. The van der Waals surface area contributed by atoms with E-state index in [0.29, 0.717) is 13.1 Å². The molecular formula is C16H18F3N3O2. The van der Waals surface area contributed by atoms with Crippen molar-refractivity contribution in [3.63, 3.8) is 0 Å². The Morgan fingerprint density at radius 1 is 1.33 bits per heavy atom. The van der Waals surface area contributed by atoms with Crippen LogP contribution in [0.3, 0.4) is 0 Å². The maximum Gasteiger partial charge on any atom is 0.422 e. The highest BCUT2D eigenvalue weighted by Crippen LogP contribution is 2.20. The van der Waals surface area contributed by atoms with Crippen molar-refractivity contribution in [1.29, 1.82) is 0 Å². The highest BCUT2D eigenvalue weighted by Gasteiger charge is 2.28. The van der Waals surface area contributed by atoms with Gasteiger partial charge in [0.25, 0.3) is 5.91 Å². The van der Waals surface area contributed by atoms with Crippen molar-refractivity contribution in [2.24, 2.45) is 0 Å². The lowest BCUT2D eigenvalue weighted by molar-refractivity contribution is -0.153. The van der Waals surface area contributed by atoms with Gasteiger partial charge in [-0.1, -0.05) is 6.07 Å². The van der Waals surface area contributed by atoms with E-state index in [2.05, 4.69) is 9.84 Å². The first kappa shape index (κ1) is 17.8. The van der Waals surface area contributed by atoms with Crippen LogP contribution in [0.1, 0.15) is 23.0 Å². The second-order valence-corrected chi connectivity index (χ2v) is 5.23. The maximum absolute atomic E-state index is 12.4. The van der Waals surface area contributed by atoms with E-state index in [9.17, 15) is 18.0 Å². The average molecular weight is 341 g/mol. The summed E-state index contributed by atoms with van der Waals surface area (Å²) in [6, 6.07) is 7.53. The Bertz CT molecular complexity index is 698. The second kappa shape index (κ2) is 7.37. The van der Waals surface area contributed by atoms with E-state index in [4.69, 9.17) is 0 Å². The molecule has 0 radical (unpaired) electrons. The third-order valence-electron chi connectivity index (χ3n) is 3.33. The molecular weight excluding hydrogens is 323 g/mol. The van der Waals surface area contributed by atoms with Crippen molar-refractivity contribution in [3.8, 4) is 5.75 Å². The average Bonchev–Trinajstić information content (AvgIpc) is 2.99. The summed E-state index contributed by atoms with van der Waals surface area (Å²) in [4.78, 5) is 13.9. The molecule has 130 valence electrons. The fourth-order valence-corrected chi connectivity index (χ4v) is 2.20. The standard InChI is InChI=1S/C16H18F3N3O2/c1-3-22-13(7-8-20-22)10-21(2)15(23)12-5-4-6-14(9-12)24-11-16(17,18)19/h4-9H,3,10-11H2,1-2H3. The summed E-state index contributed by atoms with van der Waals surface area (Å²) in [5.74, 6) is -0.304. The molecule has 0 saturated heterocycles. The SMILES string of the molecule is CCn1nccc1CN(C)C(=O)c1cccc(OCC(F)(F)F)c1. The Hall–Kier alpha value is -2.51. The van der Waals surface area contributed by atoms with E-state index in [1.165, 1.54) is 29.2 Å². The molecule has 0 unspecified atom stereocenters. The van der Waals surface area contributed by atoms with Gasteiger partial charge in [0, 0.05) is 25.4 Å². The third kappa shape index (κ3) is 4.74. The van der Waals surface area contributed by atoms with E-state index >= 15 is 0 Å². The van der Waals surface area contributed by atoms with Gasteiger partial charge in [-0.25, -0.2) is 0 Å². The number of carbonyl (C=O) groups excluding carboxylic acids is 1. The van der Waals surface area contributed by atoms with Gasteiger partial charge in [0.2, 0.25) is 0 Å². The van der Waals surface area contributed by atoms with Crippen LogP contribution in [0.25, 0.3) is 0 Å². The van der Waals surface area contributed by atoms with Crippen LogP contribution < -0.4 is 4.74 Å². The maximum atomic E-state index is 12.4. The van der Waals surface area contributed by atoms with Crippen LogP contribution in [0.2, 0.25) is 0 Å². The smallest absolute Gasteiger partial charge is 0.422 e. The van der Waals surface area contributed by atoms with Crippen molar-refractivity contribution >= 4 is 5.91 Å². The van der Waals surface area contributed by atoms with Crippen LogP contribution >= 0.6 is 0 Å². The van der Waals surface area contributed by atoms with Crippen LogP contribution in [-0.2, 0) is 13.1 Å². The van der Waals surface area contributed by atoms with Crippen LogP contribution in [-0.4, -0.2) is 40.4 Å². The lowest BCUT2D eigenvalue weighted by Crippen LogP contribution is -2.27. The number of benzene rings is 1. The molecule has 0 atom stereocenters. The Balaban J connectivity index is 2.06. The minimum Gasteiger partial charge on any atom is -0.484 e. The molecule has 1 aromatic heterocycles. The van der Waals surface area contributed by atoms with Crippen molar-refractivity contribution < 1.29 is 22.7 Å². The number of carbonyl (C=O) groups is 1. The molecule has 0 bridgehead atoms. The van der Waals surface area contributed by atoms with Gasteiger partial charge in [0.05, 0.1) is 12.2 Å². The second-order valence-electron chi connectivity index (χ2n) is 5.23. The molecule has 0 spiro atoms. The van der Waals surface area contributed by atoms with Crippen LogP contribution in [0.5, 0.6) is 5.75 Å². The first-order valence-corrected chi connectivity index (χ1v) is 7.36. The molecule has 0 aliphatic rings. The van der Waals surface area contributed by atoms with Crippen LogP contribution in [0.4, 0.5) is 13.2 Å². The zero-order valence-corrected chi connectivity index (χ0v) is 13.4. The van der Waals surface area contributed by atoms with Crippen molar-refractivity contribution in [2.75, 3.05) is 13.7 Å². The molecule has 0 saturated carbocycles. The van der Waals surface area contributed by atoms with Gasteiger partial charge in [-0.15, -0.1) is 0 Å². The summed E-state index contributed by atoms with van der Waals surface area (Å²) < 4.78 is 43.1. The number of hydrogen-bond donors (Lipinski definition) is 0. The molecule has 2 aromatic rings. The Labute approximate surface area is 137 Å².